The molecule has 0 spiro atoms. The molecule has 1 aromatic carbocycles. The Morgan fingerprint density at radius 3 is 2.91 bits per heavy atom. The molecule has 1 aliphatic heterocycles. The Labute approximate surface area is 193 Å². The first-order valence-electron chi connectivity index (χ1n) is 10.7. The van der Waals surface area contributed by atoms with E-state index < -0.39 is 0 Å². The molecule has 0 saturated heterocycles. The first-order valence-corrected chi connectivity index (χ1v) is 10.7. The van der Waals surface area contributed by atoms with Crippen molar-refractivity contribution in [2.75, 3.05) is 51.0 Å². The molecule has 3 aromatic rings. The predicted octanol–water partition coefficient (Wildman–Crippen LogP) is 2.77. The normalized spacial score (nSPS) is 16.7. The number of pyridine rings is 1. The van der Waals surface area contributed by atoms with Gasteiger partial charge >= 0.3 is 0 Å². The Hall–Kier alpha value is -3.74. The fourth-order valence-corrected chi connectivity index (χ4v) is 4.26. The number of rotatable bonds is 8. The first kappa shape index (κ1) is 22.5. The average Bonchev–Trinajstić information content (AvgIpc) is 3.15. The number of hydrogen-bond acceptors (Lipinski definition) is 9. The summed E-state index contributed by atoms with van der Waals surface area (Å²) in [5.74, 6) is 0.853. The van der Waals surface area contributed by atoms with Crippen molar-refractivity contribution >= 4 is 17.3 Å². The number of methoxy groups -OCH3 is 1. The van der Waals surface area contributed by atoms with Gasteiger partial charge in [-0.15, -0.1) is 0 Å². The Kier molecular flexibility index (Phi) is 6.40. The third kappa shape index (κ3) is 4.58. The lowest BCUT2D eigenvalue weighted by Crippen LogP contribution is -2.39. The van der Waals surface area contributed by atoms with Crippen molar-refractivity contribution in [3.63, 3.8) is 0 Å². The first-order chi connectivity index (χ1) is 16.0. The van der Waals surface area contributed by atoms with Crippen molar-refractivity contribution < 1.29 is 9.84 Å². The molecule has 33 heavy (non-hydrogen) atoms. The summed E-state index contributed by atoms with van der Waals surface area (Å²) in [5, 5.41) is 25.7. The molecule has 0 bridgehead atoms. The van der Waals surface area contributed by atoms with Gasteiger partial charge in [-0.05, 0) is 42.9 Å². The van der Waals surface area contributed by atoms with E-state index in [1.807, 2.05) is 25.2 Å². The molecule has 1 unspecified atom stereocenters. The van der Waals surface area contributed by atoms with Gasteiger partial charge in [-0.25, -0.2) is 15.0 Å². The monoisotopic (exact) mass is 445 g/mol. The van der Waals surface area contributed by atoms with Crippen LogP contribution >= 0.6 is 0 Å². The number of aliphatic hydroxyl groups excluding tert-OH is 1. The Balaban J connectivity index is 1.70. The highest BCUT2D eigenvalue weighted by Gasteiger charge is 2.37. The summed E-state index contributed by atoms with van der Waals surface area (Å²) in [6.07, 6.45) is 3.33. The number of fused-ring (bicyclic) bond motifs is 1. The minimum absolute atomic E-state index is 0.106. The van der Waals surface area contributed by atoms with Crippen molar-refractivity contribution in [2.24, 2.45) is 0 Å². The zero-order valence-electron chi connectivity index (χ0n) is 19.0. The van der Waals surface area contributed by atoms with Crippen molar-refractivity contribution in [1.82, 2.24) is 19.9 Å². The van der Waals surface area contributed by atoms with Crippen LogP contribution in [0, 0.1) is 11.3 Å². The Bertz CT molecular complexity index is 1190. The second-order valence-electron chi connectivity index (χ2n) is 8.38. The fourth-order valence-electron chi connectivity index (χ4n) is 4.26. The van der Waals surface area contributed by atoms with Gasteiger partial charge in [0.2, 0.25) is 11.8 Å². The smallest absolute Gasteiger partial charge is 0.237 e. The zero-order chi connectivity index (χ0) is 23.4. The lowest BCUT2D eigenvalue weighted by atomic mass is 9.82. The summed E-state index contributed by atoms with van der Waals surface area (Å²) < 4.78 is 5.29. The molecule has 0 saturated carbocycles. The van der Waals surface area contributed by atoms with E-state index in [-0.39, 0.29) is 12.0 Å². The van der Waals surface area contributed by atoms with E-state index in [0.29, 0.717) is 41.9 Å². The van der Waals surface area contributed by atoms with E-state index >= 15 is 0 Å². The minimum atomic E-state index is -0.210. The summed E-state index contributed by atoms with van der Waals surface area (Å²) in [6, 6.07) is 11.7. The average molecular weight is 446 g/mol. The fraction of sp³-hybridized carbons (Fsp3) is 0.333. The molecule has 1 aliphatic rings. The molecule has 1 atom stereocenters. The van der Waals surface area contributed by atoms with Gasteiger partial charge in [-0.3, -0.25) is 0 Å². The van der Waals surface area contributed by atoms with E-state index in [4.69, 9.17) is 4.74 Å². The number of nitrogens with zero attached hydrogens (tertiary/aromatic N) is 5. The Morgan fingerprint density at radius 2 is 2.15 bits per heavy atom. The van der Waals surface area contributed by atoms with Gasteiger partial charge in [0.25, 0.3) is 0 Å². The van der Waals surface area contributed by atoms with Crippen molar-refractivity contribution in [3.05, 3.63) is 53.9 Å². The summed E-state index contributed by atoms with van der Waals surface area (Å²) in [6.45, 7) is 4.34. The largest absolute Gasteiger partial charge is 0.480 e. The highest BCUT2D eigenvalue weighted by molar-refractivity contribution is 5.76. The molecular formula is C24H27N7O2. The molecule has 0 radical (unpaired) electrons. The van der Waals surface area contributed by atoms with Crippen LogP contribution in [0.25, 0.3) is 11.3 Å². The second-order valence-corrected chi connectivity index (χ2v) is 8.38. The van der Waals surface area contributed by atoms with Gasteiger partial charge in [-0.1, -0.05) is 6.92 Å². The number of likely N-dealkylation sites (N-methyl/N-ethyl adjacent to an activating group) is 1. The number of benzene rings is 1. The summed E-state index contributed by atoms with van der Waals surface area (Å²) in [7, 11) is 3.55. The van der Waals surface area contributed by atoms with Crippen LogP contribution in [0.5, 0.6) is 5.88 Å². The third-order valence-electron chi connectivity index (χ3n) is 5.83. The van der Waals surface area contributed by atoms with E-state index in [2.05, 4.69) is 49.5 Å². The molecule has 170 valence electrons. The van der Waals surface area contributed by atoms with Crippen LogP contribution in [0.1, 0.15) is 18.1 Å². The highest BCUT2D eigenvalue weighted by Crippen LogP contribution is 2.41. The highest BCUT2D eigenvalue weighted by atomic mass is 16.5. The molecular weight excluding hydrogens is 418 g/mol. The molecule has 4 rings (SSSR count). The van der Waals surface area contributed by atoms with Gasteiger partial charge in [0.15, 0.2) is 0 Å². The second kappa shape index (κ2) is 9.40. The number of nitriles is 1. The minimum Gasteiger partial charge on any atom is -0.480 e. The van der Waals surface area contributed by atoms with Gasteiger partial charge in [0.05, 0.1) is 30.7 Å². The van der Waals surface area contributed by atoms with Gasteiger partial charge in [-0.2, -0.15) is 5.26 Å². The summed E-state index contributed by atoms with van der Waals surface area (Å²) >= 11 is 0. The lowest BCUT2D eigenvalue weighted by Gasteiger charge is -2.30. The van der Waals surface area contributed by atoms with Crippen LogP contribution in [0.4, 0.5) is 17.3 Å². The van der Waals surface area contributed by atoms with Crippen LogP contribution in [0.15, 0.2) is 42.7 Å². The number of hydrogen-bond donors (Lipinski definition) is 3. The van der Waals surface area contributed by atoms with Gasteiger partial charge in [0, 0.05) is 43.0 Å². The maximum absolute atomic E-state index is 9.82. The van der Waals surface area contributed by atoms with Crippen molar-refractivity contribution in [3.8, 4) is 23.2 Å². The van der Waals surface area contributed by atoms with Crippen LogP contribution in [-0.2, 0) is 5.41 Å². The standard InChI is InChI=1S/C24H27N7O2/c1-24(15-31(2)9-10-32)14-28-21-17(13-25)11-16(12-18(21)24)19-6-8-27-23(29-19)30-20-5-4-7-26-22(20)33-3/h4-8,11-12,28,32H,9-10,14-15H2,1-3H3,(H,27,29,30). The molecule has 0 aliphatic carbocycles. The van der Waals surface area contributed by atoms with E-state index in [0.717, 1.165) is 23.4 Å². The van der Waals surface area contributed by atoms with Crippen LogP contribution < -0.4 is 15.4 Å². The number of aromatic nitrogens is 3. The van der Waals surface area contributed by atoms with Gasteiger partial charge < -0.3 is 25.4 Å². The number of nitrogens with one attached hydrogen (secondary N) is 2. The molecule has 3 heterocycles. The quantitative estimate of drug-likeness (QED) is 0.481. The van der Waals surface area contributed by atoms with E-state index in [1.165, 1.54) is 0 Å². The molecule has 2 aromatic heterocycles. The third-order valence-corrected chi connectivity index (χ3v) is 5.83. The number of ether oxygens (including phenoxy) is 1. The number of aliphatic hydroxyl groups is 1. The zero-order valence-corrected chi connectivity index (χ0v) is 19.0. The maximum Gasteiger partial charge on any atom is 0.237 e. The van der Waals surface area contributed by atoms with Crippen molar-refractivity contribution in [1.29, 1.82) is 5.26 Å². The van der Waals surface area contributed by atoms with Crippen LogP contribution in [-0.4, -0.2) is 65.4 Å². The predicted molar refractivity (Wildman–Crippen MR) is 127 cm³/mol. The molecule has 3 N–H and O–H groups in total. The Morgan fingerprint density at radius 1 is 1.30 bits per heavy atom. The summed E-state index contributed by atoms with van der Waals surface area (Å²) in [5.41, 5.74) is 4.52. The molecule has 0 fully saturated rings. The van der Waals surface area contributed by atoms with Gasteiger partial charge in [0.1, 0.15) is 11.8 Å². The maximum atomic E-state index is 9.82. The van der Waals surface area contributed by atoms with Crippen molar-refractivity contribution in [2.45, 2.75) is 12.3 Å². The van der Waals surface area contributed by atoms with E-state index in [9.17, 15) is 10.4 Å². The topological polar surface area (TPSA) is 119 Å². The molecule has 9 heteroatoms. The van der Waals surface area contributed by atoms with Crippen LogP contribution in [0.3, 0.4) is 0 Å². The number of anilines is 3. The molecule has 9 nitrogen and oxygen atoms in total. The SMILES string of the molecule is COc1ncccc1Nc1nccc(-c2cc(C#N)c3c(c2)C(C)(CN(C)CCO)CN3)n1. The molecule has 0 amide bonds. The van der Waals surface area contributed by atoms with E-state index in [1.54, 1.807) is 25.6 Å². The lowest BCUT2D eigenvalue weighted by molar-refractivity contribution is 0.198. The van der Waals surface area contributed by atoms with Crippen LogP contribution in [0.2, 0.25) is 0 Å². The summed E-state index contributed by atoms with van der Waals surface area (Å²) in [4.78, 5) is 15.3.